The fourth-order valence-corrected chi connectivity index (χ4v) is 3.90. The largest absolute Gasteiger partial charge is 0.477 e. The lowest BCUT2D eigenvalue weighted by molar-refractivity contribution is 0.0703. The normalized spacial score (nSPS) is 14.1. The molecule has 1 aromatic carbocycles. The number of nitrogen functional groups attached to an aromatic ring is 1. The summed E-state index contributed by atoms with van der Waals surface area (Å²) >= 11 is 1.27. The van der Waals surface area contributed by atoms with Crippen LogP contribution in [0.15, 0.2) is 18.2 Å². The summed E-state index contributed by atoms with van der Waals surface area (Å²) in [7, 11) is 0. The van der Waals surface area contributed by atoms with E-state index in [-0.39, 0.29) is 4.88 Å². The molecule has 3 nitrogen and oxygen atoms in total. The van der Waals surface area contributed by atoms with Gasteiger partial charge in [-0.25, -0.2) is 4.79 Å². The van der Waals surface area contributed by atoms with Crippen LogP contribution in [0.3, 0.4) is 0 Å². The van der Waals surface area contributed by atoms with Gasteiger partial charge in [0.1, 0.15) is 4.88 Å². The topological polar surface area (TPSA) is 63.3 Å². The second kappa shape index (κ2) is 4.94. The Labute approximate surface area is 122 Å². The molecule has 2 aromatic rings. The Morgan fingerprint density at radius 3 is 2.60 bits per heavy atom. The molecule has 0 bridgehead atoms. The van der Waals surface area contributed by atoms with Gasteiger partial charge in [0.15, 0.2) is 0 Å². The molecule has 0 radical (unpaired) electrons. The van der Waals surface area contributed by atoms with E-state index >= 15 is 0 Å². The maximum absolute atomic E-state index is 11.2. The summed E-state index contributed by atoms with van der Waals surface area (Å²) in [4.78, 5) is 12.4. The number of hydrogen-bond acceptors (Lipinski definition) is 3. The van der Waals surface area contributed by atoms with Crippen molar-refractivity contribution >= 4 is 23.0 Å². The van der Waals surface area contributed by atoms with Crippen LogP contribution in [0, 0.1) is 6.92 Å². The zero-order chi connectivity index (χ0) is 14.3. The van der Waals surface area contributed by atoms with Crippen molar-refractivity contribution < 1.29 is 9.90 Å². The molecular weight excluding hydrogens is 270 g/mol. The summed E-state index contributed by atoms with van der Waals surface area (Å²) in [5, 5.41) is 9.17. The third kappa shape index (κ3) is 2.10. The zero-order valence-corrected chi connectivity index (χ0v) is 12.2. The van der Waals surface area contributed by atoms with E-state index in [0.29, 0.717) is 5.69 Å². The predicted octanol–water partition coefficient (Wildman–Crippen LogP) is 3.88. The third-order valence-electron chi connectivity index (χ3n) is 4.00. The van der Waals surface area contributed by atoms with Crippen molar-refractivity contribution in [1.82, 2.24) is 0 Å². The zero-order valence-electron chi connectivity index (χ0n) is 11.4. The number of carboxylic acid groups (broad SMARTS) is 1. The summed E-state index contributed by atoms with van der Waals surface area (Å²) in [6.07, 6.45) is 4.78. The molecule has 0 saturated carbocycles. The van der Waals surface area contributed by atoms with E-state index in [9.17, 15) is 9.90 Å². The monoisotopic (exact) mass is 287 g/mol. The van der Waals surface area contributed by atoms with Crippen LogP contribution in [0.2, 0.25) is 0 Å². The summed E-state index contributed by atoms with van der Waals surface area (Å²) in [6.45, 7) is 1.90. The number of fused-ring (bicyclic) bond motifs is 1. The van der Waals surface area contributed by atoms with Crippen LogP contribution in [0.5, 0.6) is 0 Å². The molecule has 0 unspecified atom stereocenters. The van der Waals surface area contributed by atoms with E-state index in [1.807, 2.05) is 6.92 Å². The summed E-state index contributed by atoms with van der Waals surface area (Å²) in [5.74, 6) is -0.945. The Bertz CT molecular complexity index is 688. The molecule has 0 saturated heterocycles. The number of aryl methyl sites for hydroxylation is 2. The minimum atomic E-state index is -0.945. The number of anilines is 1. The van der Waals surface area contributed by atoms with Crippen LogP contribution in [0.1, 0.15) is 39.2 Å². The molecular formula is C16H17NO2S. The van der Waals surface area contributed by atoms with Crippen molar-refractivity contribution in [1.29, 1.82) is 0 Å². The molecule has 0 aliphatic heterocycles. The Morgan fingerprint density at radius 2 is 1.95 bits per heavy atom. The SMILES string of the molecule is Cc1c(-c2ccc3c(c2)CCCC3)sc(C(=O)O)c1N. The molecule has 1 heterocycles. The van der Waals surface area contributed by atoms with Gasteiger partial charge in [-0.05, 0) is 54.9 Å². The molecule has 1 aliphatic carbocycles. The van der Waals surface area contributed by atoms with Gasteiger partial charge in [-0.3, -0.25) is 0 Å². The maximum atomic E-state index is 11.2. The van der Waals surface area contributed by atoms with Gasteiger partial charge in [-0.2, -0.15) is 0 Å². The van der Waals surface area contributed by atoms with Gasteiger partial charge >= 0.3 is 5.97 Å². The van der Waals surface area contributed by atoms with E-state index in [2.05, 4.69) is 18.2 Å². The maximum Gasteiger partial charge on any atom is 0.348 e. The molecule has 0 amide bonds. The molecule has 4 heteroatoms. The summed E-state index contributed by atoms with van der Waals surface area (Å²) in [6, 6.07) is 6.48. The van der Waals surface area contributed by atoms with Crippen LogP contribution in [-0.4, -0.2) is 11.1 Å². The molecule has 3 rings (SSSR count). The highest BCUT2D eigenvalue weighted by Crippen LogP contribution is 2.39. The molecule has 20 heavy (non-hydrogen) atoms. The first kappa shape index (κ1) is 13.2. The summed E-state index contributed by atoms with van der Waals surface area (Å²) in [5.41, 5.74) is 11.1. The first-order valence-electron chi connectivity index (χ1n) is 6.82. The molecule has 0 atom stereocenters. The number of rotatable bonds is 2. The number of nitrogens with two attached hydrogens (primary N) is 1. The number of aromatic carboxylic acids is 1. The van der Waals surface area contributed by atoms with E-state index in [1.165, 1.54) is 35.3 Å². The van der Waals surface area contributed by atoms with Gasteiger partial charge in [0, 0.05) is 4.88 Å². The molecule has 104 valence electrons. The van der Waals surface area contributed by atoms with Crippen molar-refractivity contribution in [2.24, 2.45) is 0 Å². The van der Waals surface area contributed by atoms with Crippen LogP contribution < -0.4 is 5.73 Å². The van der Waals surface area contributed by atoms with Crippen LogP contribution in [0.25, 0.3) is 10.4 Å². The highest BCUT2D eigenvalue weighted by atomic mass is 32.1. The van der Waals surface area contributed by atoms with E-state index in [1.54, 1.807) is 0 Å². The fraction of sp³-hybridized carbons (Fsp3) is 0.312. The van der Waals surface area contributed by atoms with Gasteiger partial charge in [-0.15, -0.1) is 11.3 Å². The number of hydrogen-bond donors (Lipinski definition) is 2. The molecule has 0 fully saturated rings. The average molecular weight is 287 g/mol. The highest BCUT2D eigenvalue weighted by Gasteiger charge is 2.19. The first-order valence-corrected chi connectivity index (χ1v) is 7.64. The Kier molecular flexibility index (Phi) is 3.26. The van der Waals surface area contributed by atoms with Gasteiger partial charge in [0.2, 0.25) is 0 Å². The highest BCUT2D eigenvalue weighted by molar-refractivity contribution is 7.18. The number of thiophene rings is 1. The Hall–Kier alpha value is -1.81. The van der Waals surface area contributed by atoms with E-state index < -0.39 is 5.97 Å². The van der Waals surface area contributed by atoms with Gasteiger partial charge in [0.05, 0.1) is 5.69 Å². The number of carboxylic acids is 1. The van der Waals surface area contributed by atoms with Crippen LogP contribution in [-0.2, 0) is 12.8 Å². The Morgan fingerprint density at radius 1 is 1.25 bits per heavy atom. The smallest absolute Gasteiger partial charge is 0.348 e. The molecule has 3 N–H and O–H groups in total. The minimum Gasteiger partial charge on any atom is -0.477 e. The van der Waals surface area contributed by atoms with Crippen LogP contribution in [0.4, 0.5) is 5.69 Å². The van der Waals surface area contributed by atoms with Crippen molar-refractivity contribution in [2.75, 3.05) is 5.73 Å². The lowest BCUT2D eigenvalue weighted by Crippen LogP contribution is -2.02. The van der Waals surface area contributed by atoms with Gasteiger partial charge in [0.25, 0.3) is 0 Å². The minimum absolute atomic E-state index is 0.246. The average Bonchev–Trinajstić information content (AvgIpc) is 2.75. The van der Waals surface area contributed by atoms with Gasteiger partial charge < -0.3 is 10.8 Å². The predicted molar refractivity (Wildman–Crippen MR) is 82.5 cm³/mol. The lowest BCUT2D eigenvalue weighted by Gasteiger charge is -2.16. The lowest BCUT2D eigenvalue weighted by atomic mass is 9.90. The van der Waals surface area contributed by atoms with E-state index in [0.717, 1.165) is 28.8 Å². The fourth-order valence-electron chi connectivity index (χ4n) is 2.84. The van der Waals surface area contributed by atoms with Gasteiger partial charge in [-0.1, -0.05) is 18.2 Å². The number of benzene rings is 1. The quantitative estimate of drug-likeness (QED) is 0.881. The number of carbonyl (C=O) groups is 1. The third-order valence-corrected chi connectivity index (χ3v) is 5.34. The molecule has 0 spiro atoms. The second-order valence-corrected chi connectivity index (χ2v) is 6.32. The molecule has 1 aliphatic rings. The first-order chi connectivity index (χ1) is 9.58. The second-order valence-electron chi connectivity index (χ2n) is 5.29. The molecule has 1 aromatic heterocycles. The van der Waals surface area contributed by atoms with Crippen molar-refractivity contribution in [3.63, 3.8) is 0 Å². The summed E-state index contributed by atoms with van der Waals surface area (Å²) < 4.78 is 0. The Balaban J connectivity index is 2.09. The van der Waals surface area contributed by atoms with Crippen molar-refractivity contribution in [3.05, 3.63) is 39.8 Å². The van der Waals surface area contributed by atoms with Crippen molar-refractivity contribution in [2.45, 2.75) is 32.6 Å². The van der Waals surface area contributed by atoms with Crippen molar-refractivity contribution in [3.8, 4) is 10.4 Å². The van der Waals surface area contributed by atoms with Crippen LogP contribution >= 0.6 is 11.3 Å². The standard InChI is InChI=1S/C16H17NO2S/c1-9-13(17)15(16(18)19)20-14(9)12-7-6-10-4-2-3-5-11(10)8-12/h6-8H,2-5,17H2,1H3,(H,18,19). The van der Waals surface area contributed by atoms with E-state index in [4.69, 9.17) is 5.73 Å².